The Hall–Kier alpha value is -1.79. The molecule has 0 radical (unpaired) electrons. The summed E-state index contributed by atoms with van der Waals surface area (Å²) in [7, 11) is 0. The molecule has 0 spiro atoms. The van der Waals surface area contributed by atoms with Gasteiger partial charge in [0.05, 0.1) is 42.6 Å². The third-order valence-corrected chi connectivity index (χ3v) is 5.60. The molecule has 0 atom stereocenters. The summed E-state index contributed by atoms with van der Waals surface area (Å²) < 4.78 is 0. The minimum Gasteiger partial charge on any atom is -0.411 e. The third-order valence-electron chi connectivity index (χ3n) is 3.79. The largest absolute Gasteiger partial charge is 0.411 e. The lowest BCUT2D eigenvalue weighted by Crippen LogP contribution is -2.29. The molecule has 0 saturated carbocycles. The molecule has 2 aromatic rings. The first-order valence-electron chi connectivity index (χ1n) is 6.83. The molecule has 0 fully saturated rings. The van der Waals surface area contributed by atoms with Crippen molar-refractivity contribution < 1.29 is 14.8 Å². The predicted molar refractivity (Wildman–Crippen MR) is 98.1 cm³/mol. The van der Waals surface area contributed by atoms with Gasteiger partial charge in [0, 0.05) is 0 Å². The van der Waals surface area contributed by atoms with Gasteiger partial charge in [-0.25, -0.2) is 4.90 Å². The number of rotatable bonds is 2. The molecule has 0 bridgehead atoms. The molecule has 0 aliphatic carbocycles. The Labute approximate surface area is 162 Å². The molecule has 2 aromatic carbocycles. The summed E-state index contributed by atoms with van der Waals surface area (Å²) in [5.74, 6) is -1.29. The van der Waals surface area contributed by atoms with E-state index >= 15 is 0 Å². The van der Waals surface area contributed by atoms with Crippen LogP contribution in [0, 0.1) is 0 Å². The molecule has 3 rings (SSSR count). The molecule has 1 aliphatic rings. The van der Waals surface area contributed by atoms with Gasteiger partial charge in [-0.15, -0.1) is 0 Å². The highest BCUT2D eigenvalue weighted by atomic mass is 35.5. The normalized spacial score (nSPS) is 14.3. The molecule has 0 saturated heterocycles. The number of carbonyl (C=O) groups excluding carboxylic acids is 2. The van der Waals surface area contributed by atoms with E-state index in [1.54, 1.807) is 19.1 Å². The molecular formula is C16H8Cl4N2O3. The van der Waals surface area contributed by atoms with E-state index in [1.165, 1.54) is 12.1 Å². The fraction of sp³-hybridized carbons (Fsp3) is 0.0625. The lowest BCUT2D eigenvalue weighted by molar-refractivity contribution is 0.0926. The molecule has 9 heteroatoms. The number of amides is 2. The zero-order valence-electron chi connectivity index (χ0n) is 12.5. The number of oxime groups is 1. The van der Waals surface area contributed by atoms with Gasteiger partial charge in [0.15, 0.2) is 0 Å². The highest BCUT2D eigenvalue weighted by molar-refractivity contribution is 6.56. The molecule has 0 unspecified atom stereocenters. The quantitative estimate of drug-likeness (QED) is 0.180. The van der Waals surface area contributed by atoms with Crippen molar-refractivity contribution in [3.05, 3.63) is 61.0 Å². The second kappa shape index (κ2) is 6.50. The molecule has 5 nitrogen and oxygen atoms in total. The lowest BCUT2D eigenvalue weighted by Gasteiger charge is -2.14. The number of anilines is 1. The number of benzene rings is 2. The zero-order valence-corrected chi connectivity index (χ0v) is 15.5. The van der Waals surface area contributed by atoms with Crippen molar-refractivity contribution in [2.24, 2.45) is 5.16 Å². The van der Waals surface area contributed by atoms with E-state index in [-0.39, 0.29) is 31.2 Å². The van der Waals surface area contributed by atoms with E-state index in [1.807, 2.05) is 0 Å². The van der Waals surface area contributed by atoms with Gasteiger partial charge in [0.25, 0.3) is 11.8 Å². The van der Waals surface area contributed by atoms with Gasteiger partial charge in [-0.1, -0.05) is 63.7 Å². The number of imide groups is 1. The average Bonchev–Trinajstić information content (AvgIpc) is 2.88. The van der Waals surface area contributed by atoms with Gasteiger partial charge in [0.1, 0.15) is 0 Å². The molecule has 0 aromatic heterocycles. The van der Waals surface area contributed by atoms with Crippen molar-refractivity contribution in [3.63, 3.8) is 0 Å². The topological polar surface area (TPSA) is 70.0 Å². The van der Waals surface area contributed by atoms with Gasteiger partial charge in [-0.05, 0) is 24.6 Å². The van der Waals surface area contributed by atoms with E-state index in [9.17, 15) is 9.59 Å². The standard InChI is InChI=1S/C16H8Cl4N2O3/c1-6(21-25)7-2-4-8(5-3-7)22-15(23)9-10(16(22)24)12(18)14(20)13(19)11(9)17/h2-5,25H,1H3/b21-6+. The van der Waals surface area contributed by atoms with E-state index in [2.05, 4.69) is 5.16 Å². The number of fused-ring (bicyclic) bond motifs is 1. The van der Waals surface area contributed by atoms with Crippen LogP contribution in [0.4, 0.5) is 5.69 Å². The first-order chi connectivity index (χ1) is 11.8. The van der Waals surface area contributed by atoms with Crippen LogP contribution < -0.4 is 4.90 Å². The van der Waals surface area contributed by atoms with E-state index in [4.69, 9.17) is 51.6 Å². The van der Waals surface area contributed by atoms with Crippen LogP contribution in [0.1, 0.15) is 33.2 Å². The Morgan fingerprint density at radius 3 is 1.72 bits per heavy atom. The Kier molecular flexibility index (Phi) is 4.68. The first kappa shape index (κ1) is 18.0. The summed E-state index contributed by atoms with van der Waals surface area (Å²) in [6, 6.07) is 6.29. The van der Waals surface area contributed by atoms with Crippen molar-refractivity contribution in [2.75, 3.05) is 4.90 Å². The van der Waals surface area contributed by atoms with Crippen LogP contribution in [0.25, 0.3) is 0 Å². The van der Waals surface area contributed by atoms with E-state index < -0.39 is 11.8 Å². The maximum Gasteiger partial charge on any atom is 0.267 e. The Morgan fingerprint density at radius 1 is 0.880 bits per heavy atom. The third kappa shape index (κ3) is 2.68. The Balaban J connectivity index is 2.12. The highest BCUT2D eigenvalue weighted by Crippen LogP contribution is 2.45. The Bertz CT molecular complexity index is 908. The van der Waals surface area contributed by atoms with Gasteiger partial charge < -0.3 is 5.21 Å². The fourth-order valence-electron chi connectivity index (χ4n) is 2.49. The average molecular weight is 418 g/mol. The second-order valence-electron chi connectivity index (χ2n) is 5.18. The maximum absolute atomic E-state index is 12.7. The number of halogens is 4. The molecule has 128 valence electrons. The zero-order chi connectivity index (χ0) is 18.5. The van der Waals surface area contributed by atoms with E-state index in [0.29, 0.717) is 17.0 Å². The number of hydrogen-bond donors (Lipinski definition) is 1. The maximum atomic E-state index is 12.7. The summed E-state index contributed by atoms with van der Waals surface area (Å²) >= 11 is 24.1. The molecule has 1 N–H and O–H groups in total. The SMILES string of the molecule is C/C(=N\O)c1ccc(N2C(=O)c3c(Cl)c(Cl)c(Cl)c(Cl)c3C2=O)cc1. The summed E-state index contributed by atoms with van der Waals surface area (Å²) in [5, 5.41) is 11.5. The van der Waals surface area contributed by atoms with Gasteiger partial charge >= 0.3 is 0 Å². The van der Waals surface area contributed by atoms with Crippen LogP contribution in [0.3, 0.4) is 0 Å². The number of carbonyl (C=O) groups is 2. The van der Waals surface area contributed by atoms with Crippen molar-refractivity contribution in [3.8, 4) is 0 Å². The van der Waals surface area contributed by atoms with Crippen LogP contribution in [-0.4, -0.2) is 22.7 Å². The van der Waals surface area contributed by atoms with Crippen molar-refractivity contribution >= 4 is 69.6 Å². The van der Waals surface area contributed by atoms with Crippen LogP contribution in [-0.2, 0) is 0 Å². The monoisotopic (exact) mass is 416 g/mol. The highest BCUT2D eigenvalue weighted by Gasteiger charge is 2.42. The van der Waals surface area contributed by atoms with Gasteiger partial charge in [-0.2, -0.15) is 0 Å². The summed E-state index contributed by atoms with van der Waals surface area (Å²) in [4.78, 5) is 26.4. The molecular weight excluding hydrogens is 410 g/mol. The van der Waals surface area contributed by atoms with Crippen molar-refractivity contribution in [1.29, 1.82) is 0 Å². The van der Waals surface area contributed by atoms with Crippen LogP contribution >= 0.6 is 46.4 Å². The van der Waals surface area contributed by atoms with E-state index in [0.717, 1.165) is 4.90 Å². The lowest BCUT2D eigenvalue weighted by atomic mass is 10.1. The summed E-state index contributed by atoms with van der Waals surface area (Å²) in [6.07, 6.45) is 0. The second-order valence-corrected chi connectivity index (χ2v) is 6.70. The fourth-order valence-corrected chi connectivity index (χ4v) is 3.51. The Morgan fingerprint density at radius 2 is 1.32 bits per heavy atom. The van der Waals surface area contributed by atoms with Gasteiger partial charge in [-0.3, -0.25) is 9.59 Å². The molecule has 1 heterocycles. The van der Waals surface area contributed by atoms with Crippen molar-refractivity contribution in [2.45, 2.75) is 6.92 Å². The predicted octanol–water partition coefficient (Wildman–Crippen LogP) is 5.30. The number of nitrogens with zero attached hydrogens (tertiary/aromatic N) is 2. The van der Waals surface area contributed by atoms with Crippen LogP contribution in [0.5, 0.6) is 0 Å². The summed E-state index contributed by atoms with van der Waals surface area (Å²) in [5.41, 5.74) is 1.16. The summed E-state index contributed by atoms with van der Waals surface area (Å²) in [6.45, 7) is 1.61. The number of hydrogen-bond acceptors (Lipinski definition) is 4. The molecule has 25 heavy (non-hydrogen) atoms. The smallest absolute Gasteiger partial charge is 0.267 e. The first-order valence-corrected chi connectivity index (χ1v) is 8.34. The molecule has 1 aliphatic heterocycles. The van der Waals surface area contributed by atoms with Crippen LogP contribution in [0.15, 0.2) is 29.4 Å². The van der Waals surface area contributed by atoms with Crippen LogP contribution in [0.2, 0.25) is 20.1 Å². The minimum atomic E-state index is -0.647. The van der Waals surface area contributed by atoms with Crippen molar-refractivity contribution in [1.82, 2.24) is 0 Å². The van der Waals surface area contributed by atoms with Gasteiger partial charge in [0.2, 0.25) is 0 Å². The minimum absolute atomic E-state index is 0.0803. The molecule has 2 amide bonds.